The lowest BCUT2D eigenvalue weighted by atomic mass is 9.99. The van der Waals surface area contributed by atoms with E-state index in [1.807, 2.05) is 6.08 Å². The second kappa shape index (κ2) is 32.1. The van der Waals surface area contributed by atoms with Gasteiger partial charge in [-0.25, -0.2) is 0 Å². The van der Waals surface area contributed by atoms with Crippen LogP contribution in [0.2, 0.25) is 0 Å². The van der Waals surface area contributed by atoms with Crippen LogP contribution in [-0.2, 0) is 14.3 Å². The van der Waals surface area contributed by atoms with E-state index in [0.717, 1.165) is 51.4 Å². The summed E-state index contributed by atoms with van der Waals surface area (Å²) in [5.41, 5.74) is 0. The zero-order chi connectivity index (χ0) is 36.7. The second-order valence-electron chi connectivity index (χ2n) is 14.1. The predicted molar refractivity (Wildman–Crippen MR) is 203 cm³/mol. The molecule has 0 saturated carbocycles. The summed E-state index contributed by atoms with van der Waals surface area (Å²) in [7, 11) is 0. The lowest BCUT2D eigenvalue weighted by molar-refractivity contribution is -0.302. The third-order valence-electron chi connectivity index (χ3n) is 9.45. The number of hydrogen-bond acceptors (Lipinski definition) is 8. The molecule has 6 N–H and O–H groups in total. The van der Waals surface area contributed by atoms with E-state index in [4.69, 9.17) is 9.47 Å². The molecule has 0 aromatic carbocycles. The van der Waals surface area contributed by atoms with Gasteiger partial charge in [0.15, 0.2) is 6.29 Å². The molecular formula is C41H75NO8. The van der Waals surface area contributed by atoms with Gasteiger partial charge < -0.3 is 40.3 Å². The van der Waals surface area contributed by atoms with E-state index in [-0.39, 0.29) is 12.5 Å². The summed E-state index contributed by atoms with van der Waals surface area (Å²) in [6.07, 6.45) is 30.4. The molecule has 1 aliphatic heterocycles. The molecule has 0 aliphatic carbocycles. The van der Waals surface area contributed by atoms with E-state index in [2.05, 4.69) is 43.5 Å². The zero-order valence-electron chi connectivity index (χ0n) is 31.6. The maximum atomic E-state index is 12.9. The lowest BCUT2D eigenvalue weighted by Gasteiger charge is -2.40. The van der Waals surface area contributed by atoms with Crippen LogP contribution in [0, 0.1) is 0 Å². The minimum Gasteiger partial charge on any atom is -0.394 e. The summed E-state index contributed by atoms with van der Waals surface area (Å²) >= 11 is 0. The Bertz CT molecular complexity index is 879. The standard InChI is InChI=1S/C41H75NO8/c1-3-5-7-9-11-13-15-17-19-20-22-24-26-28-30-35(44)34(33-49-41-40(48)39(47)38(46)36(32-43)50-41)42-37(45)31-29-27-25-23-21-18-16-14-12-10-8-6-4-2/h13,15,20,22,28,30,34-36,38-41,43-44,46-48H,3-12,14,16-19,21,23-27,29,31-33H2,1-2H3,(H,42,45)/b15-13+,22-20+,30-28+. The molecule has 1 rings (SSSR count). The largest absolute Gasteiger partial charge is 0.394 e. The van der Waals surface area contributed by atoms with Crippen molar-refractivity contribution in [2.75, 3.05) is 13.2 Å². The van der Waals surface area contributed by atoms with Crippen molar-refractivity contribution in [2.45, 2.75) is 204 Å². The van der Waals surface area contributed by atoms with Gasteiger partial charge in [0.1, 0.15) is 24.4 Å². The van der Waals surface area contributed by atoms with Gasteiger partial charge in [-0.1, -0.05) is 147 Å². The normalized spacial score (nSPS) is 22.6. The summed E-state index contributed by atoms with van der Waals surface area (Å²) in [4.78, 5) is 12.9. The van der Waals surface area contributed by atoms with Crippen LogP contribution in [-0.4, -0.2) is 87.5 Å². The number of unbranched alkanes of at least 4 members (excludes halogenated alkanes) is 18. The van der Waals surface area contributed by atoms with Crippen molar-refractivity contribution in [1.82, 2.24) is 5.32 Å². The summed E-state index contributed by atoms with van der Waals surface area (Å²) in [5.74, 6) is -0.194. The van der Waals surface area contributed by atoms with E-state index in [1.54, 1.807) is 6.08 Å². The van der Waals surface area contributed by atoms with Crippen LogP contribution in [0.4, 0.5) is 0 Å². The van der Waals surface area contributed by atoms with Gasteiger partial charge in [-0.05, 0) is 44.9 Å². The number of amides is 1. The molecule has 1 fully saturated rings. The van der Waals surface area contributed by atoms with Crippen LogP contribution in [0.25, 0.3) is 0 Å². The van der Waals surface area contributed by atoms with Crippen LogP contribution >= 0.6 is 0 Å². The first-order valence-corrected chi connectivity index (χ1v) is 20.2. The van der Waals surface area contributed by atoms with Crippen molar-refractivity contribution in [3.8, 4) is 0 Å². The first kappa shape index (κ1) is 46.4. The third-order valence-corrected chi connectivity index (χ3v) is 9.45. The Balaban J connectivity index is 2.48. The van der Waals surface area contributed by atoms with Gasteiger partial charge in [0.2, 0.25) is 5.91 Å². The fourth-order valence-electron chi connectivity index (χ4n) is 6.13. The molecule has 1 saturated heterocycles. The molecule has 9 nitrogen and oxygen atoms in total. The number of ether oxygens (including phenoxy) is 2. The first-order chi connectivity index (χ1) is 24.3. The summed E-state index contributed by atoms with van der Waals surface area (Å²) in [5, 5.41) is 53.9. The molecule has 1 aliphatic rings. The van der Waals surface area contributed by atoms with E-state index in [9.17, 15) is 30.3 Å². The number of carbonyl (C=O) groups excluding carboxylic acids is 1. The highest BCUT2D eigenvalue weighted by Crippen LogP contribution is 2.22. The SMILES string of the molecule is CCCCCC/C=C/CC/C=C/CC/C=C/C(O)C(COC1OC(CO)C(O)C(O)C1O)NC(=O)CCCCCCCCCCCCCCC. The van der Waals surface area contributed by atoms with Gasteiger partial charge in [-0.3, -0.25) is 4.79 Å². The predicted octanol–water partition coefficient (Wildman–Crippen LogP) is 7.33. The fourth-order valence-corrected chi connectivity index (χ4v) is 6.13. The van der Waals surface area contributed by atoms with Crippen molar-refractivity contribution in [1.29, 1.82) is 0 Å². The molecular weight excluding hydrogens is 634 g/mol. The smallest absolute Gasteiger partial charge is 0.220 e. The number of carbonyl (C=O) groups is 1. The van der Waals surface area contributed by atoms with E-state index < -0.39 is 49.5 Å². The summed E-state index contributed by atoms with van der Waals surface area (Å²) in [6, 6.07) is -0.822. The molecule has 7 atom stereocenters. The fraction of sp³-hybridized carbons (Fsp3) is 0.829. The van der Waals surface area contributed by atoms with Gasteiger partial charge in [0, 0.05) is 6.42 Å². The highest BCUT2D eigenvalue weighted by atomic mass is 16.7. The molecule has 9 heteroatoms. The van der Waals surface area contributed by atoms with Crippen molar-refractivity contribution >= 4 is 5.91 Å². The molecule has 292 valence electrons. The molecule has 1 amide bonds. The quantitative estimate of drug-likeness (QED) is 0.0314. The van der Waals surface area contributed by atoms with E-state index >= 15 is 0 Å². The molecule has 7 unspecified atom stereocenters. The van der Waals surface area contributed by atoms with Crippen LogP contribution < -0.4 is 5.32 Å². The Labute approximate surface area is 304 Å². The Morgan fingerprint density at radius 3 is 1.68 bits per heavy atom. The molecule has 1 heterocycles. The topological polar surface area (TPSA) is 149 Å². The van der Waals surface area contributed by atoms with Crippen molar-refractivity contribution in [3.05, 3.63) is 36.5 Å². The molecule has 0 aromatic heterocycles. The van der Waals surface area contributed by atoms with E-state index in [0.29, 0.717) is 6.42 Å². The van der Waals surface area contributed by atoms with Gasteiger partial charge in [0.05, 0.1) is 25.4 Å². The average Bonchev–Trinajstić information content (AvgIpc) is 3.11. The Hall–Kier alpha value is -1.59. The van der Waals surface area contributed by atoms with Gasteiger partial charge >= 0.3 is 0 Å². The van der Waals surface area contributed by atoms with Crippen LogP contribution in [0.1, 0.15) is 162 Å². The van der Waals surface area contributed by atoms with Crippen LogP contribution in [0.5, 0.6) is 0 Å². The average molecular weight is 710 g/mol. The Morgan fingerprint density at radius 1 is 0.660 bits per heavy atom. The number of rotatable bonds is 32. The van der Waals surface area contributed by atoms with Gasteiger partial charge in [-0.15, -0.1) is 0 Å². The number of nitrogens with one attached hydrogen (secondary N) is 1. The third kappa shape index (κ3) is 23.1. The van der Waals surface area contributed by atoms with Gasteiger partial charge in [0.25, 0.3) is 0 Å². The van der Waals surface area contributed by atoms with Crippen molar-refractivity contribution < 1.29 is 39.8 Å². The monoisotopic (exact) mass is 710 g/mol. The maximum absolute atomic E-state index is 12.9. The molecule has 0 spiro atoms. The Morgan fingerprint density at radius 2 is 1.14 bits per heavy atom. The highest BCUT2D eigenvalue weighted by molar-refractivity contribution is 5.76. The molecule has 50 heavy (non-hydrogen) atoms. The molecule has 0 radical (unpaired) electrons. The number of aliphatic hydroxyl groups excluding tert-OH is 5. The summed E-state index contributed by atoms with van der Waals surface area (Å²) < 4.78 is 11.1. The van der Waals surface area contributed by atoms with Crippen molar-refractivity contribution in [2.24, 2.45) is 0 Å². The number of aliphatic hydroxyl groups is 5. The lowest BCUT2D eigenvalue weighted by Crippen LogP contribution is -2.60. The zero-order valence-corrected chi connectivity index (χ0v) is 31.6. The Kier molecular flexibility index (Phi) is 29.8. The summed E-state index contributed by atoms with van der Waals surface area (Å²) in [6.45, 7) is 3.70. The van der Waals surface area contributed by atoms with Crippen molar-refractivity contribution in [3.63, 3.8) is 0 Å². The maximum Gasteiger partial charge on any atom is 0.220 e. The molecule has 0 bridgehead atoms. The highest BCUT2D eigenvalue weighted by Gasteiger charge is 2.44. The minimum absolute atomic E-state index is 0.194. The first-order valence-electron chi connectivity index (χ1n) is 20.2. The van der Waals surface area contributed by atoms with E-state index in [1.165, 1.54) is 89.9 Å². The molecule has 0 aromatic rings. The minimum atomic E-state index is -1.57. The van der Waals surface area contributed by atoms with Gasteiger partial charge in [-0.2, -0.15) is 0 Å². The number of allylic oxidation sites excluding steroid dienone is 5. The van der Waals surface area contributed by atoms with Crippen LogP contribution in [0.3, 0.4) is 0 Å². The number of hydrogen-bond donors (Lipinski definition) is 6. The van der Waals surface area contributed by atoms with Crippen LogP contribution in [0.15, 0.2) is 36.5 Å². The second-order valence-corrected chi connectivity index (χ2v) is 14.1.